The molecule has 0 radical (unpaired) electrons. The van der Waals surface area contributed by atoms with Gasteiger partial charge in [0.05, 0.1) is 0 Å². The van der Waals surface area contributed by atoms with Crippen LogP contribution in [0.1, 0.15) is 40.0 Å². The number of carbonyl (C=O) groups excluding carboxylic acids is 2. The molecule has 0 N–H and O–H groups in total. The van der Waals surface area contributed by atoms with E-state index in [1.165, 1.54) is 13.8 Å². The van der Waals surface area contributed by atoms with E-state index in [0.717, 1.165) is 19.3 Å². The van der Waals surface area contributed by atoms with Gasteiger partial charge in [0.2, 0.25) is 0 Å². The maximum absolute atomic E-state index is 11.3. The van der Waals surface area contributed by atoms with Gasteiger partial charge in [0, 0.05) is 0 Å². The highest BCUT2D eigenvalue weighted by Gasteiger charge is 2.43. The van der Waals surface area contributed by atoms with Gasteiger partial charge >= 0.3 is 7.12 Å². The summed E-state index contributed by atoms with van der Waals surface area (Å²) in [5.41, 5.74) is 0. The van der Waals surface area contributed by atoms with Gasteiger partial charge in [-0.3, -0.25) is 9.59 Å². The number of rotatable bonds is 6. The van der Waals surface area contributed by atoms with Crippen molar-refractivity contribution in [3.8, 4) is 0 Å². The molecule has 1 saturated heterocycles. The molecule has 0 unspecified atom stereocenters. The van der Waals surface area contributed by atoms with Crippen molar-refractivity contribution in [3.05, 3.63) is 12.1 Å². The van der Waals surface area contributed by atoms with Crippen molar-refractivity contribution in [2.24, 2.45) is 0 Å². The van der Waals surface area contributed by atoms with Crippen LogP contribution in [-0.4, -0.2) is 30.9 Å². The van der Waals surface area contributed by atoms with Crippen LogP contribution < -0.4 is 0 Å². The summed E-state index contributed by atoms with van der Waals surface area (Å²) in [4.78, 5) is 22.6. The molecule has 0 aromatic rings. The summed E-state index contributed by atoms with van der Waals surface area (Å²) in [5, 5.41) is 0. The zero-order valence-corrected chi connectivity index (χ0v) is 10.6. The molecule has 0 aromatic heterocycles. The smallest absolute Gasteiger partial charge is 0.395 e. The number of Topliss-reactive ketones (excluding diaryl/α,β-unsaturated/α-hetero) is 2. The maximum atomic E-state index is 11.3. The van der Waals surface area contributed by atoms with Gasteiger partial charge in [-0.15, -0.1) is 0 Å². The van der Waals surface area contributed by atoms with E-state index in [0.29, 0.717) is 0 Å². The molecule has 0 aliphatic carbocycles. The second-order valence-electron chi connectivity index (χ2n) is 4.27. The SMILES string of the molecule is CCCC/C=C/B1O[C@@H](C(C)=O)[C@H](C(C)=O)O1. The fourth-order valence-electron chi connectivity index (χ4n) is 1.70. The molecule has 2 atom stereocenters. The van der Waals surface area contributed by atoms with E-state index in [2.05, 4.69) is 6.92 Å². The standard InChI is InChI=1S/C12H19BO4/c1-4-5-6-7-8-13-16-11(9(2)14)12(17-13)10(3)15/h7-8,11-12H,4-6H2,1-3H3/b8-7+/t11-,12-/m0/s1. The second-order valence-corrected chi connectivity index (χ2v) is 4.27. The van der Waals surface area contributed by atoms with Crippen LogP contribution >= 0.6 is 0 Å². The van der Waals surface area contributed by atoms with Crippen molar-refractivity contribution in [3.63, 3.8) is 0 Å². The number of hydrogen-bond donors (Lipinski definition) is 0. The Balaban J connectivity index is 2.54. The van der Waals surface area contributed by atoms with Crippen LogP contribution in [0.4, 0.5) is 0 Å². The lowest BCUT2D eigenvalue weighted by molar-refractivity contribution is -0.132. The topological polar surface area (TPSA) is 52.6 Å². The fraction of sp³-hybridized carbons (Fsp3) is 0.667. The first-order chi connectivity index (χ1) is 8.06. The minimum absolute atomic E-state index is 0.172. The average Bonchev–Trinajstić information content (AvgIpc) is 2.69. The minimum Gasteiger partial charge on any atom is -0.395 e. The number of carbonyl (C=O) groups is 2. The van der Waals surface area contributed by atoms with Crippen LogP contribution in [0.15, 0.2) is 12.1 Å². The molecule has 17 heavy (non-hydrogen) atoms. The molecule has 1 aliphatic heterocycles. The molecule has 0 spiro atoms. The largest absolute Gasteiger partial charge is 0.487 e. The quantitative estimate of drug-likeness (QED) is 0.522. The summed E-state index contributed by atoms with van der Waals surface area (Å²) < 4.78 is 10.8. The van der Waals surface area contributed by atoms with Crippen LogP contribution in [0.5, 0.6) is 0 Å². The Morgan fingerprint density at radius 3 is 2.12 bits per heavy atom. The molecule has 0 aromatic carbocycles. The molecule has 1 heterocycles. The summed E-state index contributed by atoms with van der Waals surface area (Å²) >= 11 is 0. The van der Waals surface area contributed by atoms with Crippen LogP contribution in [0.3, 0.4) is 0 Å². The first kappa shape index (κ1) is 14.1. The van der Waals surface area contributed by atoms with Crippen molar-refractivity contribution < 1.29 is 18.9 Å². The lowest BCUT2D eigenvalue weighted by Crippen LogP contribution is -2.34. The predicted molar refractivity (Wildman–Crippen MR) is 65.5 cm³/mol. The first-order valence-electron chi connectivity index (χ1n) is 6.04. The van der Waals surface area contributed by atoms with Crippen LogP contribution in [0, 0.1) is 0 Å². The second kappa shape index (κ2) is 6.72. The third kappa shape index (κ3) is 4.09. The number of hydrogen-bond acceptors (Lipinski definition) is 4. The van der Waals surface area contributed by atoms with Gasteiger partial charge in [-0.05, 0) is 20.3 Å². The highest BCUT2D eigenvalue weighted by molar-refractivity contribution is 6.52. The molecule has 4 nitrogen and oxygen atoms in total. The highest BCUT2D eigenvalue weighted by Crippen LogP contribution is 2.19. The summed E-state index contributed by atoms with van der Waals surface area (Å²) in [6, 6.07) is 0. The van der Waals surface area contributed by atoms with Gasteiger partial charge < -0.3 is 9.31 Å². The Bertz CT molecular complexity index is 292. The van der Waals surface area contributed by atoms with Crippen molar-refractivity contribution in [2.75, 3.05) is 0 Å². The van der Waals surface area contributed by atoms with E-state index < -0.39 is 19.3 Å². The zero-order chi connectivity index (χ0) is 12.8. The molecule has 1 fully saturated rings. The maximum Gasteiger partial charge on any atom is 0.487 e. The molecule has 94 valence electrons. The van der Waals surface area contributed by atoms with Crippen molar-refractivity contribution in [1.82, 2.24) is 0 Å². The van der Waals surface area contributed by atoms with E-state index in [1.807, 2.05) is 6.08 Å². The summed E-state index contributed by atoms with van der Waals surface area (Å²) in [6.45, 7) is 4.94. The average molecular weight is 238 g/mol. The Labute approximate surface area is 103 Å². The highest BCUT2D eigenvalue weighted by atomic mass is 16.7. The van der Waals surface area contributed by atoms with Crippen molar-refractivity contribution in [1.29, 1.82) is 0 Å². The number of allylic oxidation sites excluding steroid dienone is 1. The van der Waals surface area contributed by atoms with Gasteiger partial charge in [0.1, 0.15) is 12.2 Å². The first-order valence-corrected chi connectivity index (χ1v) is 6.04. The van der Waals surface area contributed by atoms with Gasteiger partial charge in [-0.25, -0.2) is 0 Å². The van der Waals surface area contributed by atoms with E-state index in [4.69, 9.17) is 9.31 Å². The Kier molecular flexibility index (Phi) is 5.58. The lowest BCUT2D eigenvalue weighted by Gasteiger charge is -2.11. The predicted octanol–water partition coefficient (Wildman–Crippen LogP) is 1.72. The number of ketones is 2. The third-order valence-corrected chi connectivity index (χ3v) is 2.66. The molecule has 0 amide bonds. The Morgan fingerprint density at radius 2 is 1.71 bits per heavy atom. The van der Waals surface area contributed by atoms with Crippen molar-refractivity contribution >= 4 is 18.7 Å². The summed E-state index contributed by atoms with van der Waals surface area (Å²) in [5.74, 6) is 1.43. The van der Waals surface area contributed by atoms with Crippen LogP contribution in [0.25, 0.3) is 0 Å². The summed E-state index contributed by atoms with van der Waals surface area (Å²) in [7, 11) is -0.574. The Hall–Kier alpha value is -0.935. The number of unbranched alkanes of at least 4 members (excludes halogenated alkanes) is 2. The van der Waals surface area contributed by atoms with Gasteiger partial charge in [-0.2, -0.15) is 0 Å². The molecule has 5 heteroatoms. The molecule has 1 aliphatic rings. The summed E-state index contributed by atoms with van der Waals surface area (Å²) in [6.07, 6.45) is 3.64. The zero-order valence-electron chi connectivity index (χ0n) is 10.6. The van der Waals surface area contributed by atoms with Crippen molar-refractivity contribution in [2.45, 2.75) is 52.2 Å². The van der Waals surface area contributed by atoms with Gasteiger partial charge in [0.15, 0.2) is 11.6 Å². The normalized spacial score (nSPS) is 24.5. The van der Waals surface area contributed by atoms with E-state index in [1.54, 1.807) is 5.98 Å². The fourth-order valence-corrected chi connectivity index (χ4v) is 1.70. The van der Waals surface area contributed by atoms with E-state index in [9.17, 15) is 9.59 Å². The Morgan fingerprint density at radius 1 is 1.18 bits per heavy atom. The van der Waals surface area contributed by atoms with Gasteiger partial charge in [-0.1, -0.05) is 31.8 Å². The molecule has 0 bridgehead atoms. The molecule has 0 saturated carbocycles. The van der Waals surface area contributed by atoms with E-state index in [-0.39, 0.29) is 11.6 Å². The van der Waals surface area contributed by atoms with Crippen LogP contribution in [0.2, 0.25) is 0 Å². The molecular weight excluding hydrogens is 219 g/mol. The minimum atomic E-state index is -0.756. The van der Waals surface area contributed by atoms with Gasteiger partial charge in [0.25, 0.3) is 0 Å². The van der Waals surface area contributed by atoms with Crippen LogP contribution in [-0.2, 0) is 18.9 Å². The molecular formula is C12H19BO4. The third-order valence-electron chi connectivity index (χ3n) is 2.66. The monoisotopic (exact) mass is 238 g/mol. The van der Waals surface area contributed by atoms with E-state index >= 15 is 0 Å². The molecule has 1 rings (SSSR count). The lowest BCUT2D eigenvalue weighted by atomic mass is 9.90.